The molecule has 0 saturated heterocycles. The maximum absolute atomic E-state index is 14.2. The molecule has 0 aliphatic rings. The maximum Gasteiger partial charge on any atom is 0.408 e. The third kappa shape index (κ3) is 9.42. The Labute approximate surface area is 231 Å². The molecule has 2 aromatic rings. The summed E-state index contributed by atoms with van der Waals surface area (Å²) in [6.45, 7) is 12.3. The molecule has 2 rings (SSSR count). The Morgan fingerprint density at radius 3 is 2.13 bits per heavy atom. The largest absolute Gasteiger partial charge is 0.468 e. The second kappa shape index (κ2) is 13.8. The first-order valence-electron chi connectivity index (χ1n) is 13.0. The van der Waals surface area contributed by atoms with Crippen LogP contribution in [0.25, 0.3) is 0 Å². The Morgan fingerprint density at radius 1 is 0.949 bits per heavy atom. The van der Waals surface area contributed by atoms with Crippen LogP contribution in [0.3, 0.4) is 0 Å². The molecule has 9 nitrogen and oxygen atoms in total. The van der Waals surface area contributed by atoms with Crippen molar-refractivity contribution in [1.82, 2.24) is 15.5 Å². The van der Waals surface area contributed by atoms with Gasteiger partial charge in [-0.2, -0.15) is 0 Å². The zero-order valence-electron chi connectivity index (χ0n) is 24.2. The minimum Gasteiger partial charge on any atom is -0.468 e. The molecule has 2 atom stereocenters. The summed E-state index contributed by atoms with van der Waals surface area (Å²) in [6.07, 6.45) is -0.552. The van der Waals surface area contributed by atoms with Crippen molar-refractivity contribution in [2.45, 2.75) is 78.6 Å². The van der Waals surface area contributed by atoms with Gasteiger partial charge in [0.25, 0.3) is 0 Å². The van der Waals surface area contributed by atoms with Crippen LogP contribution in [0.1, 0.15) is 62.9 Å². The van der Waals surface area contributed by atoms with E-state index in [0.29, 0.717) is 5.56 Å². The van der Waals surface area contributed by atoms with Gasteiger partial charge in [0.15, 0.2) is 0 Å². The lowest BCUT2D eigenvalue weighted by Gasteiger charge is -2.37. The first kappa shape index (κ1) is 31.3. The van der Waals surface area contributed by atoms with Crippen molar-refractivity contribution >= 4 is 23.9 Å². The number of esters is 1. The van der Waals surface area contributed by atoms with Crippen LogP contribution >= 0.6 is 0 Å². The van der Waals surface area contributed by atoms with Crippen LogP contribution in [0, 0.1) is 13.8 Å². The molecular weight excluding hydrogens is 498 g/mol. The first-order chi connectivity index (χ1) is 18.2. The molecule has 212 valence electrons. The summed E-state index contributed by atoms with van der Waals surface area (Å²) in [5.74, 6) is -1.62. The Morgan fingerprint density at radius 2 is 1.59 bits per heavy atom. The van der Waals surface area contributed by atoms with Gasteiger partial charge in [-0.3, -0.25) is 14.4 Å². The number of alkyl carbamates (subject to hydrolysis) is 1. The number of ether oxygens (including phenoxy) is 2. The molecule has 0 aliphatic heterocycles. The van der Waals surface area contributed by atoms with Gasteiger partial charge >= 0.3 is 12.1 Å². The summed E-state index contributed by atoms with van der Waals surface area (Å²) >= 11 is 0. The lowest BCUT2D eigenvalue weighted by atomic mass is 9.96. The van der Waals surface area contributed by atoms with Crippen LogP contribution < -0.4 is 10.6 Å². The molecule has 0 aliphatic carbocycles. The number of nitrogens with one attached hydrogen (secondary N) is 2. The van der Waals surface area contributed by atoms with E-state index in [1.54, 1.807) is 40.7 Å². The van der Waals surface area contributed by atoms with Crippen molar-refractivity contribution in [2.24, 2.45) is 0 Å². The van der Waals surface area contributed by atoms with Crippen molar-refractivity contribution < 1.29 is 28.7 Å². The van der Waals surface area contributed by atoms with Gasteiger partial charge in [-0.15, -0.1) is 0 Å². The van der Waals surface area contributed by atoms with E-state index in [9.17, 15) is 19.2 Å². The highest BCUT2D eigenvalue weighted by molar-refractivity contribution is 5.93. The van der Waals surface area contributed by atoms with Crippen LogP contribution in [0.2, 0.25) is 0 Å². The number of amides is 3. The molecular formula is C30H41N3O6. The maximum atomic E-state index is 14.2. The number of carbonyl (C=O) groups excluding carboxylic acids is 4. The van der Waals surface area contributed by atoms with E-state index in [2.05, 4.69) is 15.4 Å². The summed E-state index contributed by atoms with van der Waals surface area (Å²) in [5.41, 5.74) is 2.62. The lowest BCUT2D eigenvalue weighted by molar-refractivity contribution is -0.146. The van der Waals surface area contributed by atoms with Gasteiger partial charge in [0.05, 0.1) is 7.11 Å². The predicted octanol–water partition coefficient (Wildman–Crippen LogP) is 4.01. The standard InChI is InChI=1S/C30H41N3O6/c1-19(2)33(26(27(35)31-18-25(34)38-8)23-15-14-20(3)21(4)16-23)28(36)24(17-22-12-10-9-11-13-22)32-29(37)39-30(5,6)7/h9-16,19,24,26H,17-18H2,1-8H3,(H,31,35)(H,32,37). The fraction of sp³-hybridized carbons (Fsp3) is 0.467. The van der Waals surface area contributed by atoms with Crippen molar-refractivity contribution in [3.63, 3.8) is 0 Å². The van der Waals surface area contributed by atoms with Gasteiger partial charge in [-0.05, 0) is 70.7 Å². The number of nitrogens with zero attached hydrogens (tertiary/aromatic N) is 1. The highest BCUT2D eigenvalue weighted by Gasteiger charge is 2.38. The zero-order valence-corrected chi connectivity index (χ0v) is 24.2. The van der Waals surface area contributed by atoms with Crippen LogP contribution in [0.5, 0.6) is 0 Å². The van der Waals surface area contributed by atoms with E-state index >= 15 is 0 Å². The Hall–Kier alpha value is -3.88. The van der Waals surface area contributed by atoms with Gasteiger partial charge in [-0.25, -0.2) is 4.79 Å². The summed E-state index contributed by atoms with van der Waals surface area (Å²) in [6, 6.07) is 12.3. The Kier molecular flexibility index (Phi) is 11.1. The van der Waals surface area contributed by atoms with Gasteiger partial charge in [0.1, 0.15) is 24.2 Å². The predicted molar refractivity (Wildman–Crippen MR) is 149 cm³/mol. The number of methoxy groups -OCH3 is 1. The fourth-order valence-corrected chi connectivity index (χ4v) is 4.06. The minimum atomic E-state index is -1.07. The molecule has 3 amide bonds. The average Bonchev–Trinajstić information content (AvgIpc) is 2.85. The van der Waals surface area contributed by atoms with E-state index in [4.69, 9.17) is 4.74 Å². The quantitative estimate of drug-likeness (QED) is 0.441. The van der Waals surface area contributed by atoms with Crippen molar-refractivity contribution in [2.75, 3.05) is 13.7 Å². The molecule has 0 fully saturated rings. The number of carbonyl (C=O) groups is 4. The highest BCUT2D eigenvalue weighted by Crippen LogP contribution is 2.27. The zero-order chi connectivity index (χ0) is 29.3. The molecule has 0 saturated carbocycles. The van der Waals surface area contributed by atoms with E-state index in [1.807, 2.05) is 56.3 Å². The van der Waals surface area contributed by atoms with E-state index < -0.39 is 47.6 Å². The molecule has 39 heavy (non-hydrogen) atoms. The Balaban J connectivity index is 2.55. The molecule has 2 unspecified atom stereocenters. The van der Waals surface area contributed by atoms with Crippen molar-refractivity contribution in [1.29, 1.82) is 0 Å². The van der Waals surface area contributed by atoms with Crippen molar-refractivity contribution in [3.8, 4) is 0 Å². The normalized spacial score (nSPS) is 12.7. The highest BCUT2D eigenvalue weighted by atomic mass is 16.6. The molecule has 0 heterocycles. The van der Waals surface area contributed by atoms with Gasteiger partial charge in [-0.1, -0.05) is 48.5 Å². The Bertz CT molecular complexity index is 1160. The number of hydrogen-bond donors (Lipinski definition) is 2. The molecule has 2 N–H and O–H groups in total. The molecule has 9 heteroatoms. The molecule has 2 aromatic carbocycles. The number of rotatable bonds is 10. The first-order valence-corrected chi connectivity index (χ1v) is 13.0. The van der Waals surface area contributed by atoms with Crippen molar-refractivity contribution in [3.05, 3.63) is 70.8 Å². The van der Waals surface area contributed by atoms with Crippen LogP contribution in [-0.2, 0) is 30.3 Å². The van der Waals surface area contributed by atoms with Gasteiger partial charge in [0.2, 0.25) is 11.8 Å². The topological polar surface area (TPSA) is 114 Å². The number of benzene rings is 2. The van der Waals surface area contributed by atoms with Gasteiger partial charge in [0, 0.05) is 12.5 Å². The van der Waals surface area contributed by atoms with E-state index in [-0.39, 0.29) is 13.0 Å². The summed E-state index contributed by atoms with van der Waals surface area (Å²) in [4.78, 5) is 53.8. The number of aryl methyl sites for hydroxylation is 2. The smallest absolute Gasteiger partial charge is 0.408 e. The summed E-state index contributed by atoms with van der Waals surface area (Å²) in [5, 5.41) is 5.32. The molecule has 0 radical (unpaired) electrons. The monoisotopic (exact) mass is 539 g/mol. The SMILES string of the molecule is COC(=O)CNC(=O)C(c1ccc(C)c(C)c1)N(C(=O)C(Cc1ccccc1)NC(=O)OC(C)(C)C)C(C)C. The molecule has 0 bridgehead atoms. The van der Waals surface area contributed by atoms with E-state index in [1.165, 1.54) is 12.0 Å². The number of hydrogen-bond acceptors (Lipinski definition) is 6. The molecule has 0 spiro atoms. The molecule has 0 aromatic heterocycles. The third-order valence-corrected chi connectivity index (χ3v) is 6.09. The second-order valence-corrected chi connectivity index (χ2v) is 10.8. The lowest BCUT2D eigenvalue weighted by Crippen LogP contribution is -2.56. The summed E-state index contributed by atoms with van der Waals surface area (Å²) < 4.78 is 10.1. The summed E-state index contributed by atoms with van der Waals surface area (Å²) in [7, 11) is 1.23. The van der Waals surface area contributed by atoms with E-state index in [0.717, 1.165) is 16.7 Å². The second-order valence-electron chi connectivity index (χ2n) is 10.8. The van der Waals surface area contributed by atoms with Gasteiger partial charge < -0.3 is 25.0 Å². The average molecular weight is 540 g/mol. The van der Waals surface area contributed by atoms with Crippen LogP contribution in [0.4, 0.5) is 4.79 Å². The van der Waals surface area contributed by atoms with Crippen LogP contribution in [0.15, 0.2) is 48.5 Å². The minimum absolute atomic E-state index is 0.186. The van der Waals surface area contributed by atoms with Crippen LogP contribution in [-0.4, -0.2) is 60.1 Å². The fourth-order valence-electron chi connectivity index (χ4n) is 4.06. The third-order valence-electron chi connectivity index (χ3n) is 6.09.